The fraction of sp³-hybridized carbons (Fsp3) is 0.152. The molecule has 3 nitrogen and oxygen atoms in total. The van der Waals surface area contributed by atoms with Crippen LogP contribution in [0.3, 0.4) is 0 Å². The summed E-state index contributed by atoms with van der Waals surface area (Å²) in [7, 11) is 0. The fourth-order valence-electron chi connectivity index (χ4n) is 5.30. The first-order valence-electron chi connectivity index (χ1n) is 16.5. The Morgan fingerprint density at radius 3 is 1.41 bits per heavy atom. The Labute approximate surface area is 293 Å². The number of carbonyl (C=O) groups is 1. The summed E-state index contributed by atoms with van der Waals surface area (Å²) in [5.41, 5.74) is 14.7. The van der Waals surface area contributed by atoms with Crippen molar-refractivity contribution in [3.05, 3.63) is 202 Å². The minimum atomic E-state index is 0.0495. The summed E-state index contributed by atoms with van der Waals surface area (Å²) >= 11 is 0. The van der Waals surface area contributed by atoms with E-state index in [9.17, 15) is 5.11 Å². The highest BCUT2D eigenvalue weighted by molar-refractivity contribution is 5.83. The molecule has 0 atom stereocenters. The number of hydrogen-bond acceptors (Lipinski definition) is 3. The molecule has 0 saturated heterocycles. The van der Waals surface area contributed by atoms with Crippen molar-refractivity contribution in [2.24, 2.45) is 0 Å². The lowest BCUT2D eigenvalue weighted by atomic mass is 9.98. The zero-order valence-corrected chi connectivity index (χ0v) is 29.6. The summed E-state index contributed by atoms with van der Waals surface area (Å²) in [6.07, 6.45) is 2.92. The number of benzene rings is 6. The van der Waals surface area contributed by atoms with Crippen LogP contribution in [0, 0.1) is 34.6 Å². The van der Waals surface area contributed by atoms with Crippen molar-refractivity contribution in [1.82, 2.24) is 0 Å². The molecule has 0 saturated carbocycles. The largest absolute Gasteiger partial charge is 0.392 e. The average molecular weight is 648 g/mol. The van der Waals surface area contributed by atoms with E-state index < -0.39 is 0 Å². The van der Waals surface area contributed by atoms with Gasteiger partial charge in [0.1, 0.15) is 6.79 Å². The lowest BCUT2D eigenvalue weighted by Gasteiger charge is -2.28. The predicted molar refractivity (Wildman–Crippen MR) is 210 cm³/mol. The standard InChI is InChI=1S/C22H21NO.C15H16.C8H10.CH2O/c1-3-19-9-5-7-11-22(19)23(21-10-6-4-8-17(21)2)20-14-12-18(16-24)13-15-20;1-12-7-3-5-9-14(12)11-15-10-6-4-8-13(15)2;1-7-3-5-8(2)6-4-7;1-2/h3-15,24H,1,16H2,2H3;3-10H,11H2,1-2H3;3-6H,1-2H3;1H2. The predicted octanol–water partition coefficient (Wildman–Crippen LogP) is 11.6. The molecule has 0 fully saturated rings. The van der Waals surface area contributed by atoms with Gasteiger partial charge in [0.2, 0.25) is 0 Å². The Balaban J connectivity index is 0.000000220. The van der Waals surface area contributed by atoms with Crippen LogP contribution in [0.25, 0.3) is 6.08 Å². The van der Waals surface area contributed by atoms with E-state index in [1.807, 2.05) is 61.4 Å². The maximum atomic E-state index is 9.30. The number of aliphatic hydroxyl groups excluding tert-OH is 1. The smallest absolute Gasteiger partial charge is 0.106 e. The summed E-state index contributed by atoms with van der Waals surface area (Å²) in [6, 6.07) is 50.2. The van der Waals surface area contributed by atoms with Crippen LogP contribution in [-0.4, -0.2) is 11.9 Å². The van der Waals surface area contributed by atoms with Gasteiger partial charge in [-0.05, 0) is 104 Å². The van der Waals surface area contributed by atoms with Gasteiger partial charge in [0.25, 0.3) is 0 Å². The van der Waals surface area contributed by atoms with Gasteiger partial charge < -0.3 is 14.8 Å². The minimum absolute atomic E-state index is 0.0495. The molecule has 6 rings (SSSR count). The summed E-state index contributed by atoms with van der Waals surface area (Å²) < 4.78 is 0. The lowest BCUT2D eigenvalue weighted by Crippen LogP contribution is -2.12. The molecular formula is C46H49NO2. The van der Waals surface area contributed by atoms with E-state index in [2.05, 4.69) is 143 Å². The van der Waals surface area contributed by atoms with E-state index in [0.29, 0.717) is 0 Å². The third-order valence-corrected chi connectivity index (χ3v) is 8.25. The number of rotatable bonds is 7. The van der Waals surface area contributed by atoms with Gasteiger partial charge >= 0.3 is 0 Å². The molecule has 0 aliphatic carbocycles. The molecule has 1 N–H and O–H groups in total. The van der Waals surface area contributed by atoms with E-state index in [1.54, 1.807) is 0 Å². The van der Waals surface area contributed by atoms with Crippen molar-refractivity contribution in [2.45, 2.75) is 47.6 Å². The molecule has 0 aliphatic heterocycles. The molecule has 0 amide bonds. The number of aliphatic hydroxyl groups is 1. The van der Waals surface area contributed by atoms with Crippen LogP contribution < -0.4 is 4.90 Å². The normalized spacial score (nSPS) is 9.84. The fourth-order valence-corrected chi connectivity index (χ4v) is 5.30. The second-order valence-electron chi connectivity index (χ2n) is 11.9. The number of nitrogens with zero attached hydrogens (tertiary/aromatic N) is 1. The second kappa shape index (κ2) is 20.0. The number of carbonyl (C=O) groups excluding carboxylic acids is 1. The number of aryl methyl sites for hydroxylation is 5. The molecular weight excluding hydrogens is 599 g/mol. The third kappa shape index (κ3) is 11.3. The summed E-state index contributed by atoms with van der Waals surface area (Å²) in [5, 5.41) is 9.30. The molecule has 49 heavy (non-hydrogen) atoms. The van der Waals surface area contributed by atoms with Crippen molar-refractivity contribution in [3.8, 4) is 0 Å². The molecule has 0 radical (unpaired) electrons. The second-order valence-corrected chi connectivity index (χ2v) is 11.9. The van der Waals surface area contributed by atoms with Gasteiger partial charge in [-0.2, -0.15) is 0 Å². The van der Waals surface area contributed by atoms with Crippen molar-refractivity contribution < 1.29 is 9.90 Å². The SMILES string of the molecule is C=Cc1ccccc1N(c1ccc(CO)cc1)c1ccccc1C.C=O.Cc1ccc(C)cc1.Cc1ccccc1Cc1ccccc1C. The lowest BCUT2D eigenvalue weighted by molar-refractivity contribution is -0.0980. The Morgan fingerprint density at radius 2 is 0.959 bits per heavy atom. The highest BCUT2D eigenvalue weighted by atomic mass is 16.3. The maximum Gasteiger partial charge on any atom is 0.106 e. The summed E-state index contributed by atoms with van der Waals surface area (Å²) in [5.74, 6) is 0. The monoisotopic (exact) mass is 647 g/mol. The van der Waals surface area contributed by atoms with Gasteiger partial charge in [-0.15, -0.1) is 0 Å². The Hall–Kier alpha value is -5.51. The van der Waals surface area contributed by atoms with Gasteiger partial charge in [0.05, 0.1) is 12.3 Å². The highest BCUT2D eigenvalue weighted by Crippen LogP contribution is 2.38. The molecule has 0 unspecified atom stereocenters. The Kier molecular flexibility index (Phi) is 15.5. The van der Waals surface area contributed by atoms with Crippen LogP contribution in [0.4, 0.5) is 17.1 Å². The summed E-state index contributed by atoms with van der Waals surface area (Å²) in [4.78, 5) is 10.2. The van der Waals surface area contributed by atoms with Crippen LogP contribution >= 0.6 is 0 Å². The average Bonchev–Trinajstić information content (AvgIpc) is 3.14. The first kappa shape index (κ1) is 37.9. The quantitative estimate of drug-likeness (QED) is 0.187. The number of hydrogen-bond donors (Lipinski definition) is 1. The van der Waals surface area contributed by atoms with Gasteiger partial charge in [0.15, 0.2) is 0 Å². The molecule has 0 bridgehead atoms. The minimum Gasteiger partial charge on any atom is -0.392 e. The van der Waals surface area contributed by atoms with E-state index in [-0.39, 0.29) is 6.61 Å². The molecule has 0 aliphatic rings. The molecule has 0 aromatic heterocycles. The van der Waals surface area contributed by atoms with Crippen molar-refractivity contribution in [2.75, 3.05) is 4.90 Å². The van der Waals surface area contributed by atoms with Gasteiger partial charge in [-0.1, -0.05) is 145 Å². The van der Waals surface area contributed by atoms with Gasteiger partial charge in [-0.3, -0.25) is 0 Å². The number of para-hydroxylation sites is 2. The zero-order valence-electron chi connectivity index (χ0n) is 29.6. The van der Waals surface area contributed by atoms with Crippen LogP contribution in [-0.2, 0) is 17.8 Å². The van der Waals surface area contributed by atoms with Gasteiger partial charge in [-0.25, -0.2) is 0 Å². The highest BCUT2D eigenvalue weighted by Gasteiger charge is 2.16. The van der Waals surface area contributed by atoms with Gasteiger partial charge in [0, 0.05) is 11.4 Å². The molecule has 6 aromatic rings. The van der Waals surface area contributed by atoms with Crippen molar-refractivity contribution in [1.29, 1.82) is 0 Å². The number of anilines is 3. The Bertz CT molecular complexity index is 1810. The first-order valence-corrected chi connectivity index (χ1v) is 16.5. The van der Waals surface area contributed by atoms with E-state index in [0.717, 1.165) is 34.6 Å². The molecule has 250 valence electrons. The van der Waals surface area contributed by atoms with Crippen LogP contribution in [0.1, 0.15) is 50.1 Å². The molecule has 6 aromatic carbocycles. The zero-order chi connectivity index (χ0) is 35.6. The van der Waals surface area contributed by atoms with E-state index in [4.69, 9.17) is 4.79 Å². The first-order chi connectivity index (χ1) is 23.8. The maximum absolute atomic E-state index is 9.30. The van der Waals surface area contributed by atoms with Crippen molar-refractivity contribution in [3.63, 3.8) is 0 Å². The van der Waals surface area contributed by atoms with Crippen LogP contribution in [0.15, 0.2) is 152 Å². The topological polar surface area (TPSA) is 40.5 Å². The van der Waals surface area contributed by atoms with Crippen LogP contribution in [0.2, 0.25) is 0 Å². The molecule has 0 spiro atoms. The van der Waals surface area contributed by atoms with E-state index >= 15 is 0 Å². The van der Waals surface area contributed by atoms with Crippen LogP contribution in [0.5, 0.6) is 0 Å². The Morgan fingerprint density at radius 1 is 0.531 bits per heavy atom. The molecule has 0 heterocycles. The van der Waals surface area contributed by atoms with E-state index in [1.165, 1.54) is 38.9 Å². The van der Waals surface area contributed by atoms with Crippen molar-refractivity contribution >= 4 is 29.9 Å². The molecule has 3 heteroatoms. The third-order valence-electron chi connectivity index (χ3n) is 8.25. The summed E-state index contributed by atoms with van der Waals surface area (Å²) in [6.45, 7) is 16.7.